The Bertz CT molecular complexity index is 270. The summed E-state index contributed by atoms with van der Waals surface area (Å²) < 4.78 is 0. The third-order valence-electron chi connectivity index (χ3n) is 4.53. The van der Waals surface area contributed by atoms with Crippen molar-refractivity contribution in [3.05, 3.63) is 0 Å². The van der Waals surface area contributed by atoms with E-state index in [9.17, 15) is 4.79 Å². The van der Waals surface area contributed by atoms with Gasteiger partial charge >= 0.3 is 0 Å². The van der Waals surface area contributed by atoms with Crippen LogP contribution in [0.25, 0.3) is 0 Å². The average molecular weight is 346 g/mol. The second kappa shape index (κ2) is 10.6. The molecule has 0 bridgehead atoms. The first-order valence-electron chi connectivity index (χ1n) is 8.56. The third kappa shape index (κ3) is 6.60. The van der Waals surface area contributed by atoms with Gasteiger partial charge in [-0.1, -0.05) is 74.2 Å². The largest absolute Gasteiger partial charge is 0.342 e. The molecule has 0 saturated heterocycles. The molecular weight excluding hydrogens is 314 g/mol. The SMILES string of the molecule is CCCCCCCCCC(=O)N(C)C1CCCCC1Br. The van der Waals surface area contributed by atoms with Crippen LogP contribution in [0.3, 0.4) is 0 Å². The minimum atomic E-state index is 0.343. The second-order valence-electron chi connectivity index (χ2n) is 6.24. The molecule has 1 amide bonds. The number of hydrogen-bond acceptors (Lipinski definition) is 1. The maximum absolute atomic E-state index is 12.2. The van der Waals surface area contributed by atoms with Gasteiger partial charge in [0.15, 0.2) is 0 Å². The topological polar surface area (TPSA) is 20.3 Å². The molecule has 0 aromatic carbocycles. The van der Waals surface area contributed by atoms with E-state index in [4.69, 9.17) is 0 Å². The summed E-state index contributed by atoms with van der Waals surface area (Å²) in [7, 11) is 1.99. The number of carbonyl (C=O) groups is 1. The Kier molecular flexibility index (Phi) is 9.58. The van der Waals surface area contributed by atoms with E-state index in [0.717, 1.165) is 19.3 Å². The summed E-state index contributed by atoms with van der Waals surface area (Å²) in [5.74, 6) is 0.343. The van der Waals surface area contributed by atoms with Crippen molar-refractivity contribution >= 4 is 21.8 Å². The molecular formula is C17H32BrNO. The van der Waals surface area contributed by atoms with Crippen molar-refractivity contribution in [2.24, 2.45) is 0 Å². The predicted octanol–water partition coefficient (Wildman–Crippen LogP) is 5.29. The van der Waals surface area contributed by atoms with Gasteiger partial charge in [0.1, 0.15) is 0 Å². The van der Waals surface area contributed by atoms with Crippen LogP contribution in [0.5, 0.6) is 0 Å². The molecule has 2 nitrogen and oxygen atoms in total. The van der Waals surface area contributed by atoms with Crippen molar-refractivity contribution in [1.29, 1.82) is 0 Å². The molecule has 2 unspecified atom stereocenters. The quantitative estimate of drug-likeness (QED) is 0.410. The fourth-order valence-electron chi connectivity index (χ4n) is 3.10. The zero-order chi connectivity index (χ0) is 14.8. The van der Waals surface area contributed by atoms with Crippen molar-refractivity contribution in [2.45, 2.75) is 94.8 Å². The smallest absolute Gasteiger partial charge is 0.222 e. The number of carbonyl (C=O) groups excluding carboxylic acids is 1. The maximum Gasteiger partial charge on any atom is 0.222 e. The van der Waals surface area contributed by atoms with Crippen molar-refractivity contribution < 1.29 is 4.79 Å². The Hall–Kier alpha value is -0.0500. The van der Waals surface area contributed by atoms with Gasteiger partial charge in [-0.2, -0.15) is 0 Å². The number of alkyl halides is 1. The van der Waals surface area contributed by atoms with Crippen LogP contribution in [-0.2, 0) is 4.79 Å². The molecule has 1 rings (SSSR count). The van der Waals surface area contributed by atoms with E-state index in [-0.39, 0.29) is 0 Å². The zero-order valence-corrected chi connectivity index (χ0v) is 15.0. The standard InChI is InChI=1S/C17H32BrNO/c1-3-4-5-6-7-8-9-14-17(20)19(2)16-13-11-10-12-15(16)18/h15-16H,3-14H2,1-2H3. The van der Waals surface area contributed by atoms with Gasteiger partial charge < -0.3 is 4.90 Å². The second-order valence-corrected chi connectivity index (χ2v) is 7.42. The van der Waals surface area contributed by atoms with E-state index < -0.39 is 0 Å². The van der Waals surface area contributed by atoms with Crippen LogP contribution in [-0.4, -0.2) is 28.7 Å². The van der Waals surface area contributed by atoms with Gasteiger partial charge in [-0.3, -0.25) is 4.79 Å². The Morgan fingerprint density at radius 1 is 1.05 bits per heavy atom. The van der Waals surface area contributed by atoms with E-state index in [2.05, 4.69) is 22.9 Å². The summed E-state index contributed by atoms with van der Waals surface area (Å²) in [6.45, 7) is 2.25. The lowest BCUT2D eigenvalue weighted by molar-refractivity contribution is -0.132. The lowest BCUT2D eigenvalue weighted by atomic mass is 9.94. The Morgan fingerprint density at radius 2 is 1.65 bits per heavy atom. The highest BCUT2D eigenvalue weighted by molar-refractivity contribution is 9.09. The van der Waals surface area contributed by atoms with Gasteiger partial charge in [0.05, 0.1) is 0 Å². The summed E-state index contributed by atoms with van der Waals surface area (Å²) in [4.78, 5) is 14.7. The van der Waals surface area contributed by atoms with E-state index >= 15 is 0 Å². The molecule has 1 aliphatic carbocycles. The Balaban J connectivity index is 2.12. The Labute approximate surface area is 133 Å². The summed E-state index contributed by atoms with van der Waals surface area (Å²) in [5, 5.41) is 0. The molecule has 20 heavy (non-hydrogen) atoms. The van der Waals surface area contributed by atoms with Gasteiger partial charge in [-0.25, -0.2) is 0 Å². The summed E-state index contributed by atoms with van der Waals surface area (Å²) in [5.41, 5.74) is 0. The van der Waals surface area contributed by atoms with E-state index in [1.807, 2.05) is 11.9 Å². The van der Waals surface area contributed by atoms with Gasteiger partial charge in [0, 0.05) is 24.3 Å². The molecule has 0 heterocycles. The fourth-order valence-corrected chi connectivity index (χ4v) is 4.04. The van der Waals surface area contributed by atoms with Gasteiger partial charge in [-0.15, -0.1) is 0 Å². The summed E-state index contributed by atoms with van der Waals surface area (Å²) >= 11 is 3.75. The van der Waals surface area contributed by atoms with Crippen molar-refractivity contribution in [3.63, 3.8) is 0 Å². The first kappa shape index (κ1) is 18.0. The first-order valence-corrected chi connectivity index (χ1v) is 9.48. The van der Waals surface area contributed by atoms with Crippen molar-refractivity contribution in [3.8, 4) is 0 Å². The molecule has 0 spiro atoms. The molecule has 0 aliphatic heterocycles. The number of unbranched alkanes of at least 4 members (excludes halogenated alkanes) is 6. The Morgan fingerprint density at radius 3 is 2.30 bits per heavy atom. The number of nitrogens with zero attached hydrogens (tertiary/aromatic N) is 1. The molecule has 0 aromatic rings. The number of amides is 1. The first-order chi connectivity index (χ1) is 9.66. The van der Waals surface area contributed by atoms with Crippen molar-refractivity contribution in [2.75, 3.05) is 7.05 Å². The van der Waals surface area contributed by atoms with Crippen molar-refractivity contribution in [1.82, 2.24) is 4.90 Å². The molecule has 0 N–H and O–H groups in total. The highest BCUT2D eigenvalue weighted by Crippen LogP contribution is 2.28. The van der Waals surface area contributed by atoms with Crippen LogP contribution in [0.1, 0.15) is 84.0 Å². The van der Waals surface area contributed by atoms with Crippen LogP contribution >= 0.6 is 15.9 Å². The molecule has 1 saturated carbocycles. The lowest BCUT2D eigenvalue weighted by Crippen LogP contribution is -2.44. The number of halogens is 1. The normalized spacial score (nSPS) is 22.8. The highest BCUT2D eigenvalue weighted by atomic mass is 79.9. The van der Waals surface area contributed by atoms with Gasteiger partial charge in [0.25, 0.3) is 0 Å². The molecule has 1 fully saturated rings. The zero-order valence-electron chi connectivity index (χ0n) is 13.4. The highest BCUT2D eigenvalue weighted by Gasteiger charge is 2.28. The van der Waals surface area contributed by atoms with E-state index in [1.165, 1.54) is 57.8 Å². The van der Waals surface area contributed by atoms with Crippen LogP contribution in [0.4, 0.5) is 0 Å². The van der Waals surface area contributed by atoms with Crippen LogP contribution in [0, 0.1) is 0 Å². The average Bonchev–Trinajstić information content (AvgIpc) is 2.46. The fraction of sp³-hybridized carbons (Fsp3) is 0.941. The van der Waals surface area contributed by atoms with Crippen LogP contribution in [0.15, 0.2) is 0 Å². The molecule has 2 atom stereocenters. The molecule has 0 aromatic heterocycles. The summed E-state index contributed by atoms with van der Waals surface area (Å²) in [6.07, 6.45) is 14.6. The predicted molar refractivity (Wildman–Crippen MR) is 90.4 cm³/mol. The maximum atomic E-state index is 12.2. The molecule has 0 radical (unpaired) electrons. The van der Waals surface area contributed by atoms with Gasteiger partial charge in [0.2, 0.25) is 5.91 Å². The summed E-state index contributed by atoms with van der Waals surface area (Å²) in [6, 6.07) is 0.417. The van der Waals surface area contributed by atoms with Crippen LogP contribution in [0.2, 0.25) is 0 Å². The third-order valence-corrected chi connectivity index (χ3v) is 5.60. The molecule has 118 valence electrons. The van der Waals surface area contributed by atoms with Crippen LogP contribution < -0.4 is 0 Å². The van der Waals surface area contributed by atoms with Gasteiger partial charge in [-0.05, 0) is 19.3 Å². The molecule has 3 heteroatoms. The minimum Gasteiger partial charge on any atom is -0.342 e. The van der Waals surface area contributed by atoms with E-state index in [1.54, 1.807) is 0 Å². The lowest BCUT2D eigenvalue weighted by Gasteiger charge is -2.35. The minimum absolute atomic E-state index is 0.343. The molecule has 1 aliphatic rings. The monoisotopic (exact) mass is 345 g/mol. The number of hydrogen-bond donors (Lipinski definition) is 0. The van der Waals surface area contributed by atoms with E-state index in [0.29, 0.717) is 16.8 Å². The number of rotatable bonds is 9.